The number of amides is 1. The van der Waals surface area contributed by atoms with Crippen LogP contribution in [0.25, 0.3) is 16.2 Å². The van der Waals surface area contributed by atoms with Crippen molar-refractivity contribution in [1.82, 2.24) is 9.38 Å². The summed E-state index contributed by atoms with van der Waals surface area (Å²) in [5.74, 6) is -0.352. The molecule has 0 bridgehead atoms. The summed E-state index contributed by atoms with van der Waals surface area (Å²) in [7, 11) is 0. The predicted molar refractivity (Wildman–Crippen MR) is 104 cm³/mol. The van der Waals surface area contributed by atoms with Crippen molar-refractivity contribution in [2.24, 2.45) is 0 Å². The van der Waals surface area contributed by atoms with Gasteiger partial charge in [0.2, 0.25) is 0 Å². The number of benzene rings is 2. The van der Waals surface area contributed by atoms with Gasteiger partial charge in [0.25, 0.3) is 11.6 Å². The van der Waals surface area contributed by atoms with Gasteiger partial charge in [-0.3, -0.25) is 19.3 Å². The minimum Gasteiger partial charge on any atom is -0.320 e. The second-order valence-electron chi connectivity index (χ2n) is 6.03. The van der Waals surface area contributed by atoms with E-state index in [4.69, 9.17) is 0 Å². The second kappa shape index (κ2) is 6.65. The van der Waals surface area contributed by atoms with E-state index >= 15 is 0 Å². The average molecular weight is 378 g/mol. The number of aryl methyl sites for hydroxylation is 1. The molecule has 0 atom stereocenters. The highest BCUT2D eigenvalue weighted by Crippen LogP contribution is 2.25. The molecule has 27 heavy (non-hydrogen) atoms. The van der Waals surface area contributed by atoms with Crippen LogP contribution in [0.4, 0.5) is 11.4 Å². The lowest BCUT2D eigenvalue weighted by Gasteiger charge is -2.04. The van der Waals surface area contributed by atoms with Gasteiger partial charge in [-0.05, 0) is 13.0 Å². The van der Waals surface area contributed by atoms with Crippen LogP contribution in [0.3, 0.4) is 0 Å². The van der Waals surface area contributed by atoms with E-state index in [-0.39, 0.29) is 11.6 Å². The number of nitrogens with zero attached hydrogens (tertiary/aromatic N) is 3. The Bertz CT molecular complexity index is 1160. The summed E-state index contributed by atoms with van der Waals surface area (Å²) in [6, 6.07) is 13.9. The summed E-state index contributed by atoms with van der Waals surface area (Å²) in [4.78, 5) is 28.3. The molecule has 0 fully saturated rings. The number of hydrogen-bond acceptors (Lipinski definition) is 5. The van der Waals surface area contributed by atoms with E-state index in [9.17, 15) is 14.9 Å². The molecule has 7 nitrogen and oxygen atoms in total. The molecule has 2 aromatic heterocycles. The molecule has 2 aromatic carbocycles. The fourth-order valence-corrected chi connectivity index (χ4v) is 3.56. The van der Waals surface area contributed by atoms with Crippen LogP contribution in [-0.4, -0.2) is 20.2 Å². The summed E-state index contributed by atoms with van der Waals surface area (Å²) < 4.78 is 1.73. The van der Waals surface area contributed by atoms with Gasteiger partial charge in [0.15, 0.2) is 4.96 Å². The maximum absolute atomic E-state index is 12.6. The number of nitro groups is 1. The molecular weight excluding hydrogens is 364 g/mol. The second-order valence-corrected chi connectivity index (χ2v) is 6.86. The monoisotopic (exact) mass is 378 g/mol. The van der Waals surface area contributed by atoms with Crippen LogP contribution in [0.1, 0.15) is 16.1 Å². The van der Waals surface area contributed by atoms with Gasteiger partial charge in [-0.2, -0.15) is 0 Å². The normalized spacial score (nSPS) is 10.9. The topological polar surface area (TPSA) is 89.5 Å². The number of imidazole rings is 1. The van der Waals surface area contributed by atoms with Gasteiger partial charge in [0, 0.05) is 35.0 Å². The lowest BCUT2D eigenvalue weighted by Crippen LogP contribution is -2.13. The zero-order valence-electron chi connectivity index (χ0n) is 14.2. The lowest BCUT2D eigenvalue weighted by molar-refractivity contribution is -0.384. The molecule has 0 aliphatic carbocycles. The van der Waals surface area contributed by atoms with Crippen LogP contribution in [0.5, 0.6) is 0 Å². The van der Waals surface area contributed by atoms with Crippen LogP contribution in [-0.2, 0) is 0 Å². The van der Waals surface area contributed by atoms with Crippen LogP contribution in [0.2, 0.25) is 0 Å². The standard InChI is InChI=1S/C19H14N4O3S/c1-12-5-7-13(8-6-12)16-10-22-17(11-27-19(22)21-16)18(24)20-14-3-2-4-15(9-14)23(25)26/h2-11H,1H3,(H,20,24). The number of nitrogens with one attached hydrogen (secondary N) is 1. The maximum atomic E-state index is 12.6. The summed E-state index contributed by atoms with van der Waals surface area (Å²) in [5.41, 5.74) is 3.64. The first-order chi connectivity index (χ1) is 13.0. The molecule has 4 rings (SSSR count). The number of fused-ring (bicyclic) bond motifs is 1. The molecule has 0 saturated heterocycles. The summed E-state index contributed by atoms with van der Waals surface area (Å²) >= 11 is 1.36. The maximum Gasteiger partial charge on any atom is 0.273 e. The van der Waals surface area contributed by atoms with Crippen molar-refractivity contribution in [3.63, 3.8) is 0 Å². The van der Waals surface area contributed by atoms with E-state index in [1.807, 2.05) is 37.4 Å². The molecule has 134 valence electrons. The number of nitro benzene ring substituents is 1. The number of thiazole rings is 1. The summed E-state index contributed by atoms with van der Waals surface area (Å²) in [6.45, 7) is 2.02. The zero-order valence-corrected chi connectivity index (χ0v) is 15.1. The minimum atomic E-state index is -0.498. The van der Waals surface area contributed by atoms with E-state index in [1.165, 1.54) is 29.5 Å². The van der Waals surface area contributed by atoms with Gasteiger partial charge in [-0.1, -0.05) is 35.9 Å². The van der Waals surface area contributed by atoms with E-state index in [0.717, 1.165) is 16.8 Å². The molecule has 4 aromatic rings. The van der Waals surface area contributed by atoms with Crippen molar-refractivity contribution >= 4 is 33.6 Å². The van der Waals surface area contributed by atoms with Crippen LogP contribution < -0.4 is 5.32 Å². The van der Waals surface area contributed by atoms with Crippen molar-refractivity contribution in [3.05, 3.63) is 81.5 Å². The van der Waals surface area contributed by atoms with E-state index in [1.54, 1.807) is 15.8 Å². The van der Waals surface area contributed by atoms with Crippen molar-refractivity contribution < 1.29 is 9.72 Å². The molecule has 2 heterocycles. The molecule has 0 aliphatic heterocycles. The highest BCUT2D eigenvalue weighted by Gasteiger charge is 2.16. The molecule has 1 N–H and O–H groups in total. The zero-order chi connectivity index (χ0) is 19.0. The first kappa shape index (κ1) is 16.9. The number of hydrogen-bond donors (Lipinski definition) is 1. The smallest absolute Gasteiger partial charge is 0.273 e. The van der Waals surface area contributed by atoms with Gasteiger partial charge in [0.1, 0.15) is 5.69 Å². The molecule has 0 saturated carbocycles. The third-order valence-corrected chi connectivity index (χ3v) is 4.94. The van der Waals surface area contributed by atoms with Crippen LogP contribution in [0.15, 0.2) is 60.1 Å². The minimum absolute atomic E-state index is 0.0763. The Labute approximate surface area is 158 Å². The highest BCUT2D eigenvalue weighted by atomic mass is 32.1. The van der Waals surface area contributed by atoms with Crippen molar-refractivity contribution in [2.45, 2.75) is 6.92 Å². The number of non-ortho nitro benzene ring substituents is 1. The first-order valence-electron chi connectivity index (χ1n) is 8.11. The van der Waals surface area contributed by atoms with Gasteiger partial charge >= 0.3 is 0 Å². The fourth-order valence-electron chi connectivity index (χ4n) is 2.70. The van der Waals surface area contributed by atoms with Crippen molar-refractivity contribution in [2.75, 3.05) is 5.32 Å². The number of carbonyl (C=O) groups is 1. The fraction of sp³-hybridized carbons (Fsp3) is 0.0526. The van der Waals surface area contributed by atoms with E-state index in [2.05, 4.69) is 10.3 Å². The molecule has 8 heteroatoms. The Morgan fingerprint density at radius 2 is 2.00 bits per heavy atom. The largest absolute Gasteiger partial charge is 0.320 e. The van der Waals surface area contributed by atoms with Gasteiger partial charge in [-0.15, -0.1) is 11.3 Å². The van der Waals surface area contributed by atoms with Crippen LogP contribution >= 0.6 is 11.3 Å². The van der Waals surface area contributed by atoms with Gasteiger partial charge in [-0.25, -0.2) is 4.98 Å². The molecular formula is C19H14N4O3S. The number of carbonyl (C=O) groups excluding carboxylic acids is 1. The van der Waals surface area contributed by atoms with Crippen molar-refractivity contribution in [3.8, 4) is 11.3 Å². The first-order valence-corrected chi connectivity index (χ1v) is 8.99. The van der Waals surface area contributed by atoms with Gasteiger partial charge < -0.3 is 5.32 Å². The Morgan fingerprint density at radius 1 is 1.22 bits per heavy atom. The average Bonchev–Trinajstić information content (AvgIpc) is 3.23. The highest BCUT2D eigenvalue weighted by molar-refractivity contribution is 7.15. The SMILES string of the molecule is Cc1ccc(-c2cn3c(C(=O)Nc4cccc([N+](=O)[O-])c4)csc3n2)cc1. The quantitative estimate of drug-likeness (QED) is 0.417. The molecule has 0 unspecified atom stereocenters. The molecule has 0 aliphatic rings. The Kier molecular flexibility index (Phi) is 4.17. The third-order valence-electron chi connectivity index (χ3n) is 4.10. The molecule has 0 spiro atoms. The molecule has 0 radical (unpaired) electrons. The van der Waals surface area contributed by atoms with E-state index in [0.29, 0.717) is 16.3 Å². The Hall–Kier alpha value is -3.52. The predicted octanol–water partition coefficient (Wildman–Crippen LogP) is 4.53. The van der Waals surface area contributed by atoms with Gasteiger partial charge in [0.05, 0.1) is 10.6 Å². The van der Waals surface area contributed by atoms with Crippen molar-refractivity contribution in [1.29, 1.82) is 0 Å². The summed E-state index contributed by atoms with van der Waals surface area (Å²) in [6.07, 6.45) is 1.82. The number of anilines is 1. The summed E-state index contributed by atoms with van der Waals surface area (Å²) in [5, 5.41) is 15.3. The Morgan fingerprint density at radius 3 is 2.74 bits per heavy atom. The number of aromatic nitrogens is 2. The lowest BCUT2D eigenvalue weighted by atomic mass is 10.1. The number of rotatable bonds is 4. The van der Waals surface area contributed by atoms with E-state index < -0.39 is 4.92 Å². The Balaban J connectivity index is 1.63. The van der Waals surface area contributed by atoms with Crippen LogP contribution in [0, 0.1) is 17.0 Å². The third kappa shape index (κ3) is 3.30. The molecule has 1 amide bonds.